The predicted molar refractivity (Wildman–Crippen MR) is 188 cm³/mol. The fraction of sp³-hybridized carbons (Fsp3) is 0.316. The van der Waals surface area contributed by atoms with E-state index in [0.717, 1.165) is 11.1 Å². The highest BCUT2D eigenvalue weighted by Gasteiger charge is 2.40. The van der Waals surface area contributed by atoms with Gasteiger partial charge in [-0.1, -0.05) is 54.0 Å². The van der Waals surface area contributed by atoms with Crippen LogP contribution >= 0.6 is 0 Å². The first-order valence-electron chi connectivity index (χ1n) is 16.3. The van der Waals surface area contributed by atoms with Crippen molar-refractivity contribution in [2.24, 2.45) is 0 Å². The van der Waals surface area contributed by atoms with Gasteiger partial charge in [-0.05, 0) is 53.4 Å². The van der Waals surface area contributed by atoms with Crippen LogP contribution in [0.4, 0.5) is 15.4 Å². The Morgan fingerprint density at radius 3 is 2.21 bits per heavy atom. The molecule has 2 atom stereocenters. The molecule has 0 radical (unpaired) electrons. The number of carbonyl (C=O) groups is 5. The Labute approximate surface area is 301 Å². The van der Waals surface area contributed by atoms with E-state index in [-0.39, 0.29) is 51.5 Å². The maximum atomic E-state index is 13.0. The summed E-state index contributed by atoms with van der Waals surface area (Å²) in [4.78, 5) is 67.4. The number of nitrogens with two attached hydrogens (primary N) is 1. The van der Waals surface area contributed by atoms with Crippen molar-refractivity contribution in [3.05, 3.63) is 94.7 Å². The third kappa shape index (κ3) is 12.4. The topological polar surface area (TPSA) is 188 Å². The van der Waals surface area contributed by atoms with E-state index in [2.05, 4.69) is 39.3 Å². The molecule has 1 aliphatic heterocycles. The van der Waals surface area contributed by atoms with Crippen molar-refractivity contribution in [3.63, 3.8) is 0 Å². The molecule has 0 aliphatic carbocycles. The number of hydrogen-bond acceptors (Lipinski definition) is 11. The predicted octanol–water partition coefficient (Wildman–Crippen LogP) is 2.51. The maximum absolute atomic E-state index is 13.0. The second-order valence-electron chi connectivity index (χ2n) is 11.5. The number of nitrogens with zero attached hydrogens (tertiary/aromatic N) is 2. The van der Waals surface area contributed by atoms with E-state index in [0.29, 0.717) is 28.9 Å². The van der Waals surface area contributed by atoms with Gasteiger partial charge >= 0.3 is 24.1 Å². The van der Waals surface area contributed by atoms with Crippen LogP contribution in [0.3, 0.4) is 0 Å². The number of pyridine rings is 1. The fourth-order valence-corrected chi connectivity index (χ4v) is 5.31. The number of methoxy groups -OCH3 is 2. The van der Waals surface area contributed by atoms with Crippen LogP contribution in [0.5, 0.6) is 0 Å². The van der Waals surface area contributed by atoms with E-state index >= 15 is 0 Å². The zero-order chi connectivity index (χ0) is 37.3. The Morgan fingerprint density at radius 1 is 0.865 bits per heavy atom. The lowest BCUT2D eigenvalue weighted by molar-refractivity contribution is -0.150. The van der Waals surface area contributed by atoms with E-state index in [9.17, 15) is 24.0 Å². The van der Waals surface area contributed by atoms with Crippen LogP contribution in [0, 0.1) is 23.7 Å². The highest BCUT2D eigenvalue weighted by Crippen LogP contribution is 2.21. The average Bonchev–Trinajstić information content (AvgIpc) is 3.57. The standard InChI is InChI=1S/C38H39N5O9/c1-49-35(45)22-30-19-27(10-6-16-51-37(47)41-24-29-14-15-40-33(39)21-29)18-28(20-30)11-7-17-52-38(48)42-31-23-32(36(46)50-2)43(25-31)34(44)13-12-26-8-4-3-5-9-26/h3-5,8-9,14-15,18-21,31-32H,12-13,16-17,22-25H2,1-2H3,(H2,39,40)(H,41,47)(H,42,48). The molecular formula is C38H39N5O9. The number of nitrogen functional groups attached to an aromatic ring is 1. The second kappa shape index (κ2) is 19.6. The number of amides is 3. The number of carbonyl (C=O) groups excluding carboxylic acids is 5. The van der Waals surface area contributed by atoms with Gasteiger partial charge in [-0.25, -0.2) is 19.4 Å². The molecule has 0 saturated carbocycles. The van der Waals surface area contributed by atoms with Gasteiger partial charge in [0.25, 0.3) is 0 Å². The smallest absolute Gasteiger partial charge is 0.408 e. The molecule has 3 aromatic rings. The summed E-state index contributed by atoms with van der Waals surface area (Å²) >= 11 is 0. The van der Waals surface area contributed by atoms with Gasteiger partial charge in [0.05, 0.1) is 26.7 Å². The van der Waals surface area contributed by atoms with E-state index in [1.165, 1.54) is 25.3 Å². The number of ether oxygens (including phenoxy) is 4. The molecule has 3 amide bonds. The zero-order valence-corrected chi connectivity index (χ0v) is 28.8. The van der Waals surface area contributed by atoms with Crippen LogP contribution in [-0.2, 0) is 52.7 Å². The van der Waals surface area contributed by atoms with Gasteiger partial charge in [0.2, 0.25) is 5.91 Å². The van der Waals surface area contributed by atoms with Crippen molar-refractivity contribution in [1.82, 2.24) is 20.5 Å². The monoisotopic (exact) mass is 709 g/mol. The number of hydrogen-bond donors (Lipinski definition) is 3. The summed E-state index contributed by atoms with van der Waals surface area (Å²) in [7, 11) is 2.53. The summed E-state index contributed by atoms with van der Waals surface area (Å²) in [5.74, 6) is 10.4. The number of likely N-dealkylation sites (tertiary alicyclic amines) is 1. The highest BCUT2D eigenvalue weighted by molar-refractivity contribution is 5.85. The number of nitrogens with one attached hydrogen (secondary N) is 2. The summed E-state index contributed by atoms with van der Waals surface area (Å²) < 4.78 is 20.0. The molecule has 0 bridgehead atoms. The molecule has 14 nitrogen and oxygen atoms in total. The lowest BCUT2D eigenvalue weighted by Crippen LogP contribution is -2.42. The van der Waals surface area contributed by atoms with Crippen molar-refractivity contribution in [3.8, 4) is 23.7 Å². The van der Waals surface area contributed by atoms with E-state index < -0.39 is 36.2 Å². The van der Waals surface area contributed by atoms with E-state index in [1.807, 2.05) is 30.3 Å². The molecule has 2 aromatic carbocycles. The minimum absolute atomic E-state index is 0.0300. The normalized spacial score (nSPS) is 14.4. The summed E-state index contributed by atoms with van der Waals surface area (Å²) in [5.41, 5.74) is 8.98. The lowest BCUT2D eigenvalue weighted by Gasteiger charge is -2.22. The first-order valence-corrected chi connectivity index (χ1v) is 16.3. The van der Waals surface area contributed by atoms with Gasteiger partial charge in [0.15, 0.2) is 13.2 Å². The number of rotatable bonds is 11. The number of anilines is 1. The third-order valence-electron chi connectivity index (χ3n) is 7.75. The minimum Gasteiger partial charge on any atom is -0.469 e. The fourth-order valence-electron chi connectivity index (χ4n) is 5.31. The molecule has 14 heteroatoms. The quantitative estimate of drug-likeness (QED) is 0.151. The SMILES string of the molecule is COC(=O)Cc1cc(C#CCOC(=O)NCc2ccnc(N)c2)cc(C#CCOC(=O)NC2CC(C(=O)OC)N(C(=O)CCc3ccccc3)C2)c1. The van der Waals surface area contributed by atoms with Gasteiger partial charge in [0, 0.05) is 43.3 Å². The Bertz CT molecular complexity index is 1880. The summed E-state index contributed by atoms with van der Waals surface area (Å²) in [6, 6.07) is 16.6. The first-order chi connectivity index (χ1) is 25.1. The van der Waals surface area contributed by atoms with Gasteiger partial charge < -0.3 is 40.2 Å². The summed E-state index contributed by atoms with van der Waals surface area (Å²) in [5, 5.41) is 5.29. The van der Waals surface area contributed by atoms with Gasteiger partial charge in [-0.2, -0.15) is 0 Å². The second-order valence-corrected chi connectivity index (χ2v) is 11.5. The largest absolute Gasteiger partial charge is 0.469 e. The van der Waals surface area contributed by atoms with E-state index in [1.54, 1.807) is 30.3 Å². The van der Waals surface area contributed by atoms with Crippen molar-refractivity contribution in [2.75, 3.05) is 39.7 Å². The minimum atomic E-state index is -0.824. The Balaban J connectivity index is 1.30. The van der Waals surface area contributed by atoms with Crippen molar-refractivity contribution >= 4 is 35.9 Å². The van der Waals surface area contributed by atoms with Crippen molar-refractivity contribution < 1.29 is 42.9 Å². The number of aromatic nitrogens is 1. The van der Waals surface area contributed by atoms with Gasteiger partial charge in [-0.15, -0.1) is 0 Å². The zero-order valence-electron chi connectivity index (χ0n) is 28.8. The Kier molecular flexibility index (Phi) is 14.4. The van der Waals surface area contributed by atoms with Crippen molar-refractivity contribution in [2.45, 2.75) is 44.3 Å². The van der Waals surface area contributed by atoms with Crippen LogP contribution in [0.15, 0.2) is 66.9 Å². The number of alkyl carbamates (subject to hydrolysis) is 2. The van der Waals surface area contributed by atoms with Crippen LogP contribution in [-0.4, -0.2) is 86.0 Å². The number of esters is 2. The first kappa shape index (κ1) is 38.3. The third-order valence-corrected chi connectivity index (χ3v) is 7.75. The molecule has 1 fully saturated rings. The molecule has 1 aromatic heterocycles. The summed E-state index contributed by atoms with van der Waals surface area (Å²) in [6.07, 6.45) is 0.972. The van der Waals surface area contributed by atoms with Crippen LogP contribution < -0.4 is 16.4 Å². The summed E-state index contributed by atoms with van der Waals surface area (Å²) in [6.45, 7) is -0.137. The van der Waals surface area contributed by atoms with Crippen LogP contribution in [0.1, 0.15) is 40.7 Å². The molecular weight excluding hydrogens is 670 g/mol. The molecule has 52 heavy (non-hydrogen) atoms. The molecule has 4 N–H and O–H groups in total. The highest BCUT2D eigenvalue weighted by atomic mass is 16.6. The lowest BCUT2D eigenvalue weighted by atomic mass is 10.0. The van der Waals surface area contributed by atoms with E-state index in [4.69, 9.17) is 24.7 Å². The Hall–Kier alpha value is -6.54. The van der Waals surface area contributed by atoms with Gasteiger partial charge in [0.1, 0.15) is 11.9 Å². The number of benzene rings is 2. The number of aryl methyl sites for hydroxylation is 1. The Morgan fingerprint density at radius 2 is 1.56 bits per heavy atom. The van der Waals surface area contributed by atoms with Crippen LogP contribution in [0.2, 0.25) is 0 Å². The molecule has 4 rings (SSSR count). The van der Waals surface area contributed by atoms with Gasteiger partial charge in [-0.3, -0.25) is 9.59 Å². The molecule has 0 spiro atoms. The van der Waals surface area contributed by atoms with Crippen LogP contribution in [0.25, 0.3) is 0 Å². The average molecular weight is 710 g/mol. The molecule has 2 unspecified atom stereocenters. The molecule has 1 saturated heterocycles. The van der Waals surface area contributed by atoms with Crippen molar-refractivity contribution in [1.29, 1.82) is 0 Å². The molecule has 1 aliphatic rings. The molecule has 270 valence electrons. The maximum Gasteiger partial charge on any atom is 0.408 e. The molecule has 2 heterocycles.